The van der Waals surface area contributed by atoms with E-state index < -0.39 is 0 Å². The Morgan fingerprint density at radius 2 is 0.556 bits per heavy atom. The van der Waals surface area contributed by atoms with Gasteiger partial charge in [-0.25, -0.2) is 0 Å². The molecule has 0 fully saturated rings. The molecule has 0 bridgehead atoms. The molecule has 122 valence electrons. The van der Waals surface area contributed by atoms with Crippen molar-refractivity contribution in [2.75, 3.05) is 0 Å². The zero-order valence-corrected chi connectivity index (χ0v) is 14.3. The Hall–Kier alpha value is -3.58. The van der Waals surface area contributed by atoms with Gasteiger partial charge < -0.3 is 4.42 Å². The standard InChI is InChI=1S/C26H12O/c1-3-14-5-7-16-9-11-18-25-23(16)21(14)20-13(1)2-4-15-6-8-17-10-12-19(27-18)26(25)24(17)22(15)20/h1-12H. The highest BCUT2D eigenvalue weighted by Crippen LogP contribution is 2.49. The van der Waals surface area contributed by atoms with Gasteiger partial charge in [0.15, 0.2) is 0 Å². The third-order valence-corrected chi connectivity index (χ3v) is 6.50. The van der Waals surface area contributed by atoms with Crippen molar-refractivity contribution in [1.82, 2.24) is 0 Å². The van der Waals surface area contributed by atoms with Gasteiger partial charge >= 0.3 is 0 Å². The lowest BCUT2D eigenvalue weighted by Crippen LogP contribution is -1.83. The van der Waals surface area contributed by atoms with E-state index in [1.54, 1.807) is 0 Å². The molecule has 0 aliphatic rings. The van der Waals surface area contributed by atoms with Crippen molar-refractivity contribution >= 4 is 75.8 Å². The van der Waals surface area contributed by atoms with Crippen LogP contribution in [0.25, 0.3) is 75.8 Å². The van der Waals surface area contributed by atoms with Crippen LogP contribution < -0.4 is 0 Å². The molecule has 1 heterocycles. The van der Waals surface area contributed by atoms with Crippen molar-refractivity contribution in [3.05, 3.63) is 72.8 Å². The number of furan rings is 1. The van der Waals surface area contributed by atoms with Crippen LogP contribution in [0.5, 0.6) is 0 Å². The van der Waals surface area contributed by atoms with E-state index in [1.165, 1.54) is 64.6 Å². The largest absolute Gasteiger partial charge is 0.456 e. The van der Waals surface area contributed by atoms with Gasteiger partial charge in [-0.15, -0.1) is 0 Å². The van der Waals surface area contributed by atoms with Gasteiger partial charge in [-0.2, -0.15) is 0 Å². The maximum atomic E-state index is 6.31. The summed E-state index contributed by atoms with van der Waals surface area (Å²) in [4.78, 5) is 0. The molecule has 0 aliphatic carbocycles. The van der Waals surface area contributed by atoms with Crippen molar-refractivity contribution in [2.45, 2.75) is 0 Å². The minimum absolute atomic E-state index is 0.985. The SMILES string of the molecule is c1cc2ccc3ccc4oc5ccc6ccc7ccc1c1c2c3c4c5c6c71. The van der Waals surface area contributed by atoms with Gasteiger partial charge in [-0.05, 0) is 55.2 Å². The van der Waals surface area contributed by atoms with E-state index >= 15 is 0 Å². The molecule has 0 N–H and O–H groups in total. The number of hydrogen-bond donors (Lipinski definition) is 0. The predicted molar refractivity (Wildman–Crippen MR) is 115 cm³/mol. The Bertz CT molecular complexity index is 1620. The molecule has 8 rings (SSSR count). The molecular formula is C26H12O. The van der Waals surface area contributed by atoms with Gasteiger partial charge in [0.05, 0.1) is 0 Å². The van der Waals surface area contributed by atoms with Crippen LogP contribution in [-0.2, 0) is 0 Å². The average Bonchev–Trinajstić information content (AvgIpc) is 3.03. The third-order valence-electron chi connectivity index (χ3n) is 6.50. The first-order chi connectivity index (χ1) is 13.4. The lowest BCUT2D eigenvalue weighted by molar-refractivity contribution is 0.669. The Kier molecular flexibility index (Phi) is 1.83. The summed E-state index contributed by atoms with van der Waals surface area (Å²) in [5.74, 6) is 0. The molecule has 1 nitrogen and oxygen atoms in total. The van der Waals surface area contributed by atoms with E-state index in [2.05, 4.69) is 72.8 Å². The normalized spacial score (nSPS) is 13.2. The Morgan fingerprint density at radius 1 is 0.296 bits per heavy atom. The van der Waals surface area contributed by atoms with E-state index in [4.69, 9.17) is 4.42 Å². The van der Waals surface area contributed by atoms with E-state index in [0.717, 1.165) is 11.2 Å². The third kappa shape index (κ3) is 1.25. The Balaban J connectivity index is 2.03. The molecule has 27 heavy (non-hydrogen) atoms. The van der Waals surface area contributed by atoms with Gasteiger partial charge in [-0.3, -0.25) is 0 Å². The first-order valence-electron chi connectivity index (χ1n) is 9.37. The van der Waals surface area contributed by atoms with E-state index in [1.807, 2.05) is 0 Å². The molecule has 7 aromatic carbocycles. The number of benzene rings is 6. The molecular weight excluding hydrogens is 328 g/mol. The Morgan fingerprint density at radius 3 is 0.889 bits per heavy atom. The lowest BCUT2D eigenvalue weighted by atomic mass is 9.92. The van der Waals surface area contributed by atoms with Crippen LogP contribution >= 0.6 is 0 Å². The maximum Gasteiger partial charge on any atom is 0.136 e. The van der Waals surface area contributed by atoms with Gasteiger partial charge in [0, 0.05) is 21.5 Å². The van der Waals surface area contributed by atoms with Gasteiger partial charge in [0.25, 0.3) is 0 Å². The van der Waals surface area contributed by atoms with E-state index in [0.29, 0.717) is 0 Å². The molecule has 0 spiro atoms. The second-order valence-corrected chi connectivity index (χ2v) is 7.73. The van der Waals surface area contributed by atoms with Crippen LogP contribution in [-0.4, -0.2) is 0 Å². The molecule has 8 aromatic rings. The Labute approximate surface area is 153 Å². The number of hydrogen-bond acceptors (Lipinski definition) is 1. The fourth-order valence-corrected chi connectivity index (χ4v) is 5.43. The summed E-state index contributed by atoms with van der Waals surface area (Å²) in [6.45, 7) is 0. The number of rotatable bonds is 0. The molecule has 1 aromatic heterocycles. The van der Waals surface area contributed by atoms with Crippen LogP contribution in [0.1, 0.15) is 0 Å². The minimum atomic E-state index is 0.985. The second-order valence-electron chi connectivity index (χ2n) is 7.73. The van der Waals surface area contributed by atoms with E-state index in [9.17, 15) is 0 Å². The first-order valence-corrected chi connectivity index (χ1v) is 9.37. The quantitative estimate of drug-likeness (QED) is 0.258. The highest BCUT2D eigenvalue weighted by Gasteiger charge is 2.21. The molecule has 0 radical (unpaired) electrons. The van der Waals surface area contributed by atoms with Crippen molar-refractivity contribution in [3.8, 4) is 0 Å². The maximum absolute atomic E-state index is 6.31. The van der Waals surface area contributed by atoms with Crippen molar-refractivity contribution in [1.29, 1.82) is 0 Å². The van der Waals surface area contributed by atoms with Crippen LogP contribution in [0.2, 0.25) is 0 Å². The van der Waals surface area contributed by atoms with Gasteiger partial charge in [0.1, 0.15) is 11.2 Å². The minimum Gasteiger partial charge on any atom is -0.456 e. The summed E-state index contributed by atoms with van der Waals surface area (Å²) in [6, 6.07) is 26.7. The molecule has 0 amide bonds. The fourth-order valence-electron chi connectivity index (χ4n) is 5.43. The molecule has 0 saturated carbocycles. The molecule has 0 aliphatic heterocycles. The summed E-state index contributed by atoms with van der Waals surface area (Å²) < 4.78 is 6.31. The summed E-state index contributed by atoms with van der Waals surface area (Å²) >= 11 is 0. The summed E-state index contributed by atoms with van der Waals surface area (Å²) in [6.07, 6.45) is 0. The zero-order chi connectivity index (χ0) is 17.3. The van der Waals surface area contributed by atoms with Crippen molar-refractivity contribution in [3.63, 3.8) is 0 Å². The lowest BCUT2D eigenvalue weighted by Gasteiger charge is -2.11. The average molecular weight is 340 g/mol. The van der Waals surface area contributed by atoms with Crippen molar-refractivity contribution in [2.24, 2.45) is 0 Å². The predicted octanol–water partition coefficient (Wildman–Crippen LogP) is 7.67. The fraction of sp³-hybridized carbons (Fsp3) is 0. The zero-order valence-electron chi connectivity index (χ0n) is 14.3. The van der Waals surface area contributed by atoms with Crippen molar-refractivity contribution < 1.29 is 4.42 Å². The van der Waals surface area contributed by atoms with Crippen LogP contribution in [0, 0.1) is 0 Å². The van der Waals surface area contributed by atoms with Crippen LogP contribution in [0.3, 0.4) is 0 Å². The monoisotopic (exact) mass is 340 g/mol. The molecule has 0 unspecified atom stereocenters. The highest BCUT2D eigenvalue weighted by atomic mass is 16.3. The van der Waals surface area contributed by atoms with Gasteiger partial charge in [-0.1, -0.05) is 60.7 Å². The molecule has 1 heteroatoms. The first kappa shape index (κ1) is 12.7. The van der Waals surface area contributed by atoms with Gasteiger partial charge in [0.2, 0.25) is 0 Å². The van der Waals surface area contributed by atoms with Crippen LogP contribution in [0.15, 0.2) is 77.2 Å². The topological polar surface area (TPSA) is 13.1 Å². The smallest absolute Gasteiger partial charge is 0.136 e. The molecule has 0 atom stereocenters. The van der Waals surface area contributed by atoms with Crippen LogP contribution in [0.4, 0.5) is 0 Å². The summed E-state index contributed by atoms with van der Waals surface area (Å²) in [5, 5.41) is 15.8. The second kappa shape index (κ2) is 3.89. The summed E-state index contributed by atoms with van der Waals surface area (Å²) in [7, 11) is 0. The van der Waals surface area contributed by atoms with E-state index in [-0.39, 0.29) is 0 Å². The molecule has 0 saturated heterocycles. The summed E-state index contributed by atoms with van der Waals surface area (Å²) in [5.41, 5.74) is 1.97. The highest BCUT2D eigenvalue weighted by molar-refractivity contribution is 6.44.